The van der Waals surface area contributed by atoms with E-state index in [1.165, 1.54) is 12.1 Å². The fraction of sp³-hybridized carbons (Fsp3) is 0.250. The molecule has 3 N–H and O–H groups in total. The van der Waals surface area contributed by atoms with Crippen molar-refractivity contribution in [2.24, 2.45) is 0 Å². The second-order valence-corrected chi connectivity index (χ2v) is 6.50. The normalized spacial score (nSPS) is 14.4. The van der Waals surface area contributed by atoms with Crippen molar-refractivity contribution in [1.82, 2.24) is 15.5 Å². The SMILES string of the molecule is O=[N+]([O-])c1ccc(S(=O)(=O)Nc2n[nH]c3c2CNCC3)cc1. The van der Waals surface area contributed by atoms with Crippen molar-refractivity contribution in [1.29, 1.82) is 0 Å². The third-order valence-corrected chi connectivity index (χ3v) is 4.75. The first kappa shape index (κ1) is 14.5. The standard InChI is InChI=1S/C12H13N5O4S/c18-17(19)8-1-3-9(4-2-8)22(20,21)16-12-10-7-13-6-5-11(10)14-15-12/h1-4,13H,5-7H2,(H2,14,15,16). The molecule has 9 nitrogen and oxygen atoms in total. The minimum atomic E-state index is -3.84. The highest BCUT2D eigenvalue weighted by Gasteiger charge is 2.22. The van der Waals surface area contributed by atoms with Gasteiger partial charge in [0.05, 0.1) is 9.82 Å². The number of benzene rings is 1. The van der Waals surface area contributed by atoms with E-state index in [4.69, 9.17) is 0 Å². The first-order chi connectivity index (χ1) is 10.5. The van der Waals surface area contributed by atoms with Gasteiger partial charge in [-0.25, -0.2) is 8.42 Å². The lowest BCUT2D eigenvalue weighted by molar-refractivity contribution is -0.384. The van der Waals surface area contributed by atoms with E-state index in [9.17, 15) is 18.5 Å². The van der Waals surface area contributed by atoms with E-state index in [0.717, 1.165) is 36.4 Å². The number of aromatic amines is 1. The minimum absolute atomic E-state index is 0.0568. The molecule has 0 atom stereocenters. The van der Waals surface area contributed by atoms with E-state index in [2.05, 4.69) is 20.2 Å². The van der Waals surface area contributed by atoms with Crippen LogP contribution in [0.1, 0.15) is 11.3 Å². The molecule has 0 spiro atoms. The molecule has 22 heavy (non-hydrogen) atoms. The maximum atomic E-state index is 12.3. The van der Waals surface area contributed by atoms with Crippen molar-refractivity contribution in [2.75, 3.05) is 11.3 Å². The Morgan fingerprint density at radius 2 is 2.00 bits per heavy atom. The first-order valence-electron chi connectivity index (χ1n) is 6.51. The fourth-order valence-corrected chi connectivity index (χ4v) is 3.28. The summed E-state index contributed by atoms with van der Waals surface area (Å²) in [6.45, 7) is 1.34. The van der Waals surface area contributed by atoms with Crippen molar-refractivity contribution < 1.29 is 13.3 Å². The molecule has 1 aromatic carbocycles. The van der Waals surface area contributed by atoms with E-state index in [1.807, 2.05) is 0 Å². The summed E-state index contributed by atoms with van der Waals surface area (Å²) in [5.41, 5.74) is 1.53. The molecule has 3 rings (SSSR count). The molecule has 2 aromatic rings. The van der Waals surface area contributed by atoms with Crippen molar-refractivity contribution in [3.8, 4) is 0 Å². The summed E-state index contributed by atoms with van der Waals surface area (Å²) in [4.78, 5) is 9.96. The average Bonchev–Trinajstić information content (AvgIpc) is 2.90. The van der Waals surface area contributed by atoms with Gasteiger partial charge in [0.1, 0.15) is 0 Å². The Hall–Kier alpha value is -2.46. The lowest BCUT2D eigenvalue weighted by Gasteiger charge is -2.13. The van der Waals surface area contributed by atoms with E-state index < -0.39 is 14.9 Å². The molecule has 116 valence electrons. The Morgan fingerprint density at radius 3 is 2.68 bits per heavy atom. The highest BCUT2D eigenvalue weighted by atomic mass is 32.2. The lowest BCUT2D eigenvalue weighted by Crippen LogP contribution is -2.24. The van der Waals surface area contributed by atoms with Crippen LogP contribution in [0.2, 0.25) is 0 Å². The van der Waals surface area contributed by atoms with Gasteiger partial charge in [0, 0.05) is 42.9 Å². The van der Waals surface area contributed by atoms with Crippen LogP contribution < -0.4 is 10.0 Å². The van der Waals surface area contributed by atoms with Crippen molar-refractivity contribution in [3.63, 3.8) is 0 Å². The van der Waals surface area contributed by atoms with Crippen LogP contribution in [0, 0.1) is 10.1 Å². The molecule has 0 fully saturated rings. The second kappa shape index (κ2) is 5.39. The average molecular weight is 323 g/mol. The van der Waals surface area contributed by atoms with Crippen LogP contribution in [0.4, 0.5) is 11.5 Å². The van der Waals surface area contributed by atoms with Crippen LogP contribution in [-0.2, 0) is 23.0 Å². The number of fused-ring (bicyclic) bond motifs is 1. The zero-order valence-electron chi connectivity index (χ0n) is 11.4. The summed E-state index contributed by atoms with van der Waals surface area (Å²) in [6.07, 6.45) is 0.752. The molecule has 1 aromatic heterocycles. The molecule has 1 aliphatic rings. The molecule has 0 aliphatic carbocycles. The van der Waals surface area contributed by atoms with Crippen molar-refractivity contribution in [3.05, 3.63) is 45.6 Å². The Bertz CT molecular complexity index is 813. The molecule has 0 saturated carbocycles. The number of hydrogen-bond acceptors (Lipinski definition) is 6. The smallest absolute Gasteiger partial charge is 0.269 e. The Labute approximate surface area is 125 Å². The fourth-order valence-electron chi connectivity index (χ4n) is 2.24. The largest absolute Gasteiger partial charge is 0.312 e. The zero-order valence-corrected chi connectivity index (χ0v) is 12.2. The molecule has 0 bridgehead atoms. The predicted molar refractivity (Wildman–Crippen MR) is 77.9 cm³/mol. The van der Waals surface area contributed by atoms with Gasteiger partial charge >= 0.3 is 0 Å². The van der Waals surface area contributed by atoms with E-state index in [1.54, 1.807) is 0 Å². The lowest BCUT2D eigenvalue weighted by atomic mass is 10.1. The molecule has 0 unspecified atom stereocenters. The number of non-ortho nitro benzene ring substituents is 1. The van der Waals surface area contributed by atoms with Gasteiger partial charge in [0.25, 0.3) is 15.7 Å². The van der Waals surface area contributed by atoms with Crippen LogP contribution in [0.25, 0.3) is 0 Å². The molecule has 0 radical (unpaired) electrons. The quantitative estimate of drug-likeness (QED) is 0.562. The summed E-state index contributed by atoms with van der Waals surface area (Å²) in [7, 11) is -3.84. The Kier molecular flexibility index (Phi) is 3.54. The number of hydrogen-bond donors (Lipinski definition) is 3. The van der Waals surface area contributed by atoms with E-state index >= 15 is 0 Å². The number of nitro groups is 1. The topological polar surface area (TPSA) is 130 Å². The van der Waals surface area contributed by atoms with Gasteiger partial charge in [-0.15, -0.1) is 0 Å². The molecular formula is C12H13N5O4S. The third kappa shape index (κ3) is 2.65. The van der Waals surface area contributed by atoms with Gasteiger partial charge in [-0.05, 0) is 12.1 Å². The Morgan fingerprint density at radius 1 is 1.27 bits per heavy atom. The number of sulfonamides is 1. The maximum Gasteiger partial charge on any atom is 0.269 e. The first-order valence-corrected chi connectivity index (χ1v) is 8.00. The molecule has 0 amide bonds. The Balaban J connectivity index is 1.87. The molecule has 1 aliphatic heterocycles. The molecule has 0 saturated heterocycles. The summed E-state index contributed by atoms with van der Waals surface area (Å²) in [5.74, 6) is 0.251. The van der Waals surface area contributed by atoms with Crippen LogP contribution >= 0.6 is 0 Å². The number of H-pyrrole nitrogens is 1. The number of nitrogens with zero attached hydrogens (tertiary/aromatic N) is 2. The zero-order chi connectivity index (χ0) is 15.7. The highest BCUT2D eigenvalue weighted by Crippen LogP contribution is 2.23. The van der Waals surface area contributed by atoms with Crippen LogP contribution in [-0.4, -0.2) is 30.1 Å². The van der Waals surface area contributed by atoms with Crippen molar-refractivity contribution >= 4 is 21.5 Å². The molecule has 2 heterocycles. The van der Waals surface area contributed by atoms with Crippen LogP contribution in [0.5, 0.6) is 0 Å². The molecular weight excluding hydrogens is 310 g/mol. The minimum Gasteiger partial charge on any atom is -0.312 e. The van der Waals surface area contributed by atoms with Gasteiger partial charge in [0.2, 0.25) is 0 Å². The summed E-state index contributed by atoms with van der Waals surface area (Å²) < 4.78 is 27.0. The van der Waals surface area contributed by atoms with Crippen molar-refractivity contribution in [2.45, 2.75) is 17.9 Å². The van der Waals surface area contributed by atoms with Gasteiger partial charge in [-0.1, -0.05) is 0 Å². The maximum absolute atomic E-state index is 12.3. The monoisotopic (exact) mass is 323 g/mol. The van der Waals surface area contributed by atoms with Crippen LogP contribution in [0.3, 0.4) is 0 Å². The summed E-state index contributed by atoms with van der Waals surface area (Å²) in [5, 5.41) is 20.6. The van der Waals surface area contributed by atoms with Crippen LogP contribution in [0.15, 0.2) is 29.2 Å². The number of rotatable bonds is 4. The van der Waals surface area contributed by atoms with Gasteiger partial charge in [-0.2, -0.15) is 5.10 Å². The van der Waals surface area contributed by atoms with E-state index in [0.29, 0.717) is 6.54 Å². The summed E-state index contributed by atoms with van der Waals surface area (Å²) in [6, 6.07) is 4.68. The van der Waals surface area contributed by atoms with Gasteiger partial charge < -0.3 is 5.32 Å². The second-order valence-electron chi connectivity index (χ2n) is 4.81. The number of nitro benzene ring substituents is 1. The van der Waals surface area contributed by atoms with E-state index in [-0.39, 0.29) is 16.4 Å². The molecule has 10 heteroatoms. The van der Waals surface area contributed by atoms with Gasteiger partial charge in [0.15, 0.2) is 5.82 Å². The number of nitrogens with one attached hydrogen (secondary N) is 3. The number of aromatic nitrogens is 2. The highest BCUT2D eigenvalue weighted by molar-refractivity contribution is 7.92. The van der Waals surface area contributed by atoms with Gasteiger partial charge in [-0.3, -0.25) is 19.9 Å². The number of anilines is 1. The summed E-state index contributed by atoms with van der Waals surface area (Å²) >= 11 is 0. The predicted octanol–water partition coefficient (Wildman–Crippen LogP) is 0.764. The third-order valence-electron chi connectivity index (χ3n) is 3.40.